The van der Waals surface area contributed by atoms with Crippen LogP contribution in [0.4, 0.5) is 10.2 Å². The van der Waals surface area contributed by atoms with Crippen LogP contribution in [0.3, 0.4) is 0 Å². The second-order valence-electron chi connectivity index (χ2n) is 4.08. The maximum atomic E-state index is 13.5. The van der Waals surface area contributed by atoms with Crippen LogP contribution in [0.25, 0.3) is 11.3 Å². The summed E-state index contributed by atoms with van der Waals surface area (Å²) in [5, 5.41) is 11.1. The average Bonchev–Trinajstić information content (AvgIpc) is 2.30. The quantitative estimate of drug-likeness (QED) is 0.882. The van der Waals surface area contributed by atoms with Gasteiger partial charge >= 0.3 is 0 Å². The van der Waals surface area contributed by atoms with Crippen LogP contribution in [-0.2, 0) is 0 Å². The predicted molar refractivity (Wildman–Crippen MR) is 66.2 cm³/mol. The number of hydrogen-bond donors (Lipinski definition) is 1. The second kappa shape index (κ2) is 4.91. The Hall–Kier alpha value is -1.97. The minimum atomic E-state index is -0.286. The van der Waals surface area contributed by atoms with Crippen molar-refractivity contribution in [3.63, 3.8) is 0 Å². The highest BCUT2D eigenvalue weighted by Crippen LogP contribution is 2.20. The van der Waals surface area contributed by atoms with Crippen molar-refractivity contribution in [1.29, 1.82) is 0 Å². The Labute approximate surface area is 99.7 Å². The predicted octanol–water partition coefficient (Wildman–Crippen LogP) is 3.10. The number of benzene rings is 1. The van der Waals surface area contributed by atoms with E-state index in [-0.39, 0.29) is 5.82 Å². The molecule has 1 aromatic carbocycles. The first kappa shape index (κ1) is 11.5. The van der Waals surface area contributed by atoms with Gasteiger partial charge in [-0.15, -0.1) is 10.2 Å². The van der Waals surface area contributed by atoms with Gasteiger partial charge < -0.3 is 5.32 Å². The van der Waals surface area contributed by atoms with Crippen molar-refractivity contribution in [2.24, 2.45) is 0 Å². The van der Waals surface area contributed by atoms with Crippen LogP contribution in [-0.4, -0.2) is 16.2 Å². The van der Waals surface area contributed by atoms with Gasteiger partial charge in [-0.25, -0.2) is 4.39 Å². The normalized spacial score (nSPS) is 10.6. The van der Waals surface area contributed by atoms with Crippen molar-refractivity contribution in [2.45, 2.75) is 19.9 Å². The molecule has 2 rings (SSSR count). The third kappa shape index (κ3) is 2.78. The Balaban J connectivity index is 2.27. The lowest BCUT2D eigenvalue weighted by molar-refractivity contribution is 0.630. The molecule has 0 fully saturated rings. The standard InChI is InChI=1S/C13H14FN3/c1-9(2)15-13-8-7-12(16-17-13)10-5-3-4-6-11(10)14/h3-9H,1-2H3,(H,15,17). The molecular weight excluding hydrogens is 217 g/mol. The lowest BCUT2D eigenvalue weighted by Gasteiger charge is -2.08. The van der Waals surface area contributed by atoms with Crippen molar-refractivity contribution in [3.8, 4) is 11.3 Å². The molecular formula is C13H14FN3. The number of hydrogen-bond acceptors (Lipinski definition) is 3. The zero-order chi connectivity index (χ0) is 12.3. The molecule has 0 saturated heterocycles. The van der Waals surface area contributed by atoms with E-state index in [4.69, 9.17) is 0 Å². The zero-order valence-corrected chi connectivity index (χ0v) is 9.81. The van der Waals surface area contributed by atoms with Gasteiger partial charge in [-0.2, -0.15) is 0 Å². The summed E-state index contributed by atoms with van der Waals surface area (Å²) in [6.07, 6.45) is 0. The molecule has 17 heavy (non-hydrogen) atoms. The topological polar surface area (TPSA) is 37.8 Å². The monoisotopic (exact) mass is 231 g/mol. The minimum absolute atomic E-state index is 0.286. The molecule has 0 atom stereocenters. The Bertz CT molecular complexity index is 494. The molecule has 1 N–H and O–H groups in total. The van der Waals surface area contributed by atoms with Gasteiger partial charge in [-0.3, -0.25) is 0 Å². The molecule has 0 unspecified atom stereocenters. The van der Waals surface area contributed by atoms with Gasteiger partial charge in [0.2, 0.25) is 0 Å². The number of halogens is 1. The first-order chi connectivity index (χ1) is 8.16. The SMILES string of the molecule is CC(C)Nc1ccc(-c2ccccc2F)nn1. The molecule has 0 bridgehead atoms. The van der Waals surface area contributed by atoms with E-state index in [1.54, 1.807) is 30.3 Å². The average molecular weight is 231 g/mol. The van der Waals surface area contributed by atoms with Crippen LogP contribution in [0, 0.1) is 5.82 Å². The van der Waals surface area contributed by atoms with Gasteiger partial charge in [-0.05, 0) is 38.1 Å². The highest BCUT2D eigenvalue weighted by atomic mass is 19.1. The Kier molecular flexibility index (Phi) is 3.32. The Morgan fingerprint density at radius 1 is 1.06 bits per heavy atom. The van der Waals surface area contributed by atoms with Gasteiger partial charge in [0.15, 0.2) is 0 Å². The van der Waals surface area contributed by atoms with Gasteiger partial charge in [0, 0.05) is 11.6 Å². The summed E-state index contributed by atoms with van der Waals surface area (Å²) in [6, 6.07) is 10.4. The molecule has 0 spiro atoms. The van der Waals surface area contributed by atoms with Crippen molar-refractivity contribution >= 4 is 5.82 Å². The van der Waals surface area contributed by atoms with E-state index in [0.29, 0.717) is 23.1 Å². The molecule has 0 saturated carbocycles. The number of anilines is 1. The summed E-state index contributed by atoms with van der Waals surface area (Å²) in [4.78, 5) is 0. The van der Waals surface area contributed by atoms with E-state index in [0.717, 1.165) is 0 Å². The third-order valence-electron chi connectivity index (χ3n) is 2.25. The molecule has 3 nitrogen and oxygen atoms in total. The second-order valence-corrected chi connectivity index (χ2v) is 4.08. The Morgan fingerprint density at radius 2 is 1.82 bits per heavy atom. The van der Waals surface area contributed by atoms with Crippen LogP contribution in [0.15, 0.2) is 36.4 Å². The van der Waals surface area contributed by atoms with E-state index in [9.17, 15) is 4.39 Å². The Morgan fingerprint density at radius 3 is 2.41 bits per heavy atom. The number of nitrogens with zero attached hydrogens (tertiary/aromatic N) is 2. The zero-order valence-electron chi connectivity index (χ0n) is 9.81. The highest BCUT2D eigenvalue weighted by molar-refractivity contribution is 5.60. The number of nitrogens with one attached hydrogen (secondary N) is 1. The summed E-state index contributed by atoms with van der Waals surface area (Å²) in [6.45, 7) is 4.04. The van der Waals surface area contributed by atoms with E-state index < -0.39 is 0 Å². The van der Waals surface area contributed by atoms with E-state index >= 15 is 0 Å². The molecule has 0 amide bonds. The van der Waals surface area contributed by atoms with Gasteiger partial charge in [0.1, 0.15) is 11.6 Å². The number of rotatable bonds is 3. The van der Waals surface area contributed by atoms with E-state index in [2.05, 4.69) is 15.5 Å². The van der Waals surface area contributed by atoms with Crippen molar-refractivity contribution in [1.82, 2.24) is 10.2 Å². The molecule has 0 aliphatic rings. The molecule has 0 aliphatic heterocycles. The van der Waals surface area contributed by atoms with Crippen LogP contribution >= 0.6 is 0 Å². The maximum absolute atomic E-state index is 13.5. The number of aromatic nitrogens is 2. The van der Waals surface area contributed by atoms with Gasteiger partial charge in [0.05, 0.1) is 5.69 Å². The fourth-order valence-electron chi connectivity index (χ4n) is 1.52. The lowest BCUT2D eigenvalue weighted by Crippen LogP contribution is -2.11. The largest absolute Gasteiger partial charge is 0.366 e. The van der Waals surface area contributed by atoms with Crippen LogP contribution in [0.5, 0.6) is 0 Å². The van der Waals surface area contributed by atoms with E-state index in [1.807, 2.05) is 13.8 Å². The molecule has 4 heteroatoms. The van der Waals surface area contributed by atoms with Crippen molar-refractivity contribution in [2.75, 3.05) is 5.32 Å². The van der Waals surface area contributed by atoms with Crippen molar-refractivity contribution in [3.05, 3.63) is 42.2 Å². The first-order valence-electron chi connectivity index (χ1n) is 5.52. The van der Waals surface area contributed by atoms with Crippen molar-refractivity contribution < 1.29 is 4.39 Å². The molecule has 0 radical (unpaired) electrons. The van der Waals surface area contributed by atoms with Gasteiger partial charge in [-0.1, -0.05) is 12.1 Å². The molecule has 1 heterocycles. The lowest BCUT2D eigenvalue weighted by atomic mass is 10.1. The fourth-order valence-corrected chi connectivity index (χ4v) is 1.52. The molecule has 0 aliphatic carbocycles. The summed E-state index contributed by atoms with van der Waals surface area (Å²) >= 11 is 0. The molecule has 2 aromatic rings. The van der Waals surface area contributed by atoms with Crippen LogP contribution < -0.4 is 5.32 Å². The molecule has 1 aromatic heterocycles. The highest BCUT2D eigenvalue weighted by Gasteiger charge is 2.06. The minimum Gasteiger partial charge on any atom is -0.366 e. The smallest absolute Gasteiger partial charge is 0.148 e. The van der Waals surface area contributed by atoms with Crippen LogP contribution in [0.1, 0.15) is 13.8 Å². The summed E-state index contributed by atoms with van der Waals surface area (Å²) in [5.74, 6) is 0.409. The first-order valence-corrected chi connectivity index (χ1v) is 5.52. The van der Waals surface area contributed by atoms with Crippen LogP contribution in [0.2, 0.25) is 0 Å². The molecule has 88 valence electrons. The summed E-state index contributed by atoms with van der Waals surface area (Å²) in [5.41, 5.74) is 1.01. The van der Waals surface area contributed by atoms with Gasteiger partial charge in [0.25, 0.3) is 0 Å². The van der Waals surface area contributed by atoms with E-state index in [1.165, 1.54) is 6.07 Å². The summed E-state index contributed by atoms with van der Waals surface area (Å²) < 4.78 is 13.5. The summed E-state index contributed by atoms with van der Waals surface area (Å²) in [7, 11) is 0. The third-order valence-corrected chi connectivity index (χ3v) is 2.25. The maximum Gasteiger partial charge on any atom is 0.148 e. The fraction of sp³-hybridized carbons (Fsp3) is 0.231.